The predicted molar refractivity (Wildman–Crippen MR) is 189 cm³/mol. The quantitative estimate of drug-likeness (QED) is 0.265. The smallest absolute Gasteiger partial charge is 0.332 e. The van der Waals surface area contributed by atoms with Crippen LogP contribution in [-0.4, -0.2) is 73.8 Å². The number of ether oxygens (including phenoxy) is 2. The summed E-state index contributed by atoms with van der Waals surface area (Å²) in [7, 11) is 4.58. The molecule has 1 amide bonds. The second kappa shape index (κ2) is 12.2. The van der Waals surface area contributed by atoms with Gasteiger partial charge in [-0.2, -0.15) is 0 Å². The van der Waals surface area contributed by atoms with Crippen LogP contribution in [0.3, 0.4) is 0 Å². The number of rotatable bonds is 6. The van der Waals surface area contributed by atoms with E-state index in [-0.39, 0.29) is 41.0 Å². The summed E-state index contributed by atoms with van der Waals surface area (Å²) >= 11 is 14.2. The molecule has 256 valence electrons. The summed E-state index contributed by atoms with van der Waals surface area (Å²) in [5.41, 5.74) is 4.31. The van der Waals surface area contributed by atoms with Crippen LogP contribution in [0.15, 0.2) is 58.4 Å². The number of halogens is 2. The van der Waals surface area contributed by atoms with Crippen LogP contribution in [0.2, 0.25) is 10.0 Å². The summed E-state index contributed by atoms with van der Waals surface area (Å²) in [4.78, 5) is 53.0. The van der Waals surface area contributed by atoms with Crippen molar-refractivity contribution in [3.63, 3.8) is 0 Å². The molecule has 2 N–H and O–H groups in total. The number of aryl methyl sites for hydroxylation is 2. The van der Waals surface area contributed by atoms with E-state index < -0.39 is 11.2 Å². The summed E-state index contributed by atoms with van der Waals surface area (Å²) in [5.74, 6) is 0.696. The minimum atomic E-state index is -0.528. The SMILES string of the molecule is COc1nc(-c2cccc(-c3cccc(Nc4ncnc5c4c(=O)n(C)c(=O)n5C)c3Cl)c2Cl)cc2c1C(N1CC3(CNC(=O)CO3)C1)CC2. The van der Waals surface area contributed by atoms with Gasteiger partial charge in [0.1, 0.15) is 29.7 Å². The molecule has 1 unspecified atom stereocenters. The predicted octanol–water partition coefficient (Wildman–Crippen LogP) is 4.00. The molecule has 2 aromatic carbocycles. The van der Waals surface area contributed by atoms with Gasteiger partial charge in [0.2, 0.25) is 11.8 Å². The fraction of sp³-hybridized carbons (Fsp3) is 0.314. The Labute approximate surface area is 295 Å². The van der Waals surface area contributed by atoms with Gasteiger partial charge in [-0.05, 0) is 30.5 Å². The molecule has 3 aromatic heterocycles. The van der Waals surface area contributed by atoms with Gasteiger partial charge in [0.25, 0.3) is 5.56 Å². The first kappa shape index (κ1) is 32.4. The molecule has 3 aliphatic rings. The average Bonchev–Trinajstić information content (AvgIpc) is 3.54. The van der Waals surface area contributed by atoms with Crippen LogP contribution in [0.4, 0.5) is 11.5 Å². The molecule has 8 rings (SSSR count). The molecule has 1 atom stereocenters. The molecule has 0 bridgehead atoms. The lowest BCUT2D eigenvalue weighted by atomic mass is 9.89. The Kier molecular flexibility index (Phi) is 7.90. The highest BCUT2D eigenvalue weighted by Crippen LogP contribution is 2.47. The van der Waals surface area contributed by atoms with Gasteiger partial charge in [0.05, 0.1) is 28.5 Å². The molecular formula is C35H32Cl2N8O5. The number of methoxy groups -OCH3 is 1. The number of carbonyl (C=O) groups excluding carboxylic acids is 1. The number of fused-ring (bicyclic) bond motifs is 2. The third-order valence-corrected chi connectivity index (χ3v) is 10.7. The van der Waals surface area contributed by atoms with Gasteiger partial charge in [-0.1, -0.05) is 53.5 Å². The number of amides is 1. The molecule has 13 nitrogen and oxygen atoms in total. The number of hydrogen-bond acceptors (Lipinski definition) is 10. The van der Waals surface area contributed by atoms with E-state index in [0.29, 0.717) is 45.0 Å². The Hall–Kier alpha value is -4.82. The van der Waals surface area contributed by atoms with Crippen LogP contribution in [0, 0.1) is 0 Å². The Morgan fingerprint density at radius 1 is 1.00 bits per heavy atom. The van der Waals surface area contributed by atoms with Gasteiger partial charge in [-0.3, -0.25) is 23.6 Å². The molecule has 0 radical (unpaired) electrons. The summed E-state index contributed by atoms with van der Waals surface area (Å²) < 4.78 is 14.1. The van der Waals surface area contributed by atoms with Crippen LogP contribution in [0.25, 0.3) is 33.4 Å². The number of hydrogen-bond donors (Lipinski definition) is 2. The van der Waals surface area contributed by atoms with Crippen LogP contribution in [0.5, 0.6) is 5.88 Å². The second-order valence-electron chi connectivity index (χ2n) is 12.9. The third kappa shape index (κ3) is 5.15. The normalized spacial score (nSPS) is 18.2. The van der Waals surface area contributed by atoms with Crippen molar-refractivity contribution in [3.8, 4) is 28.3 Å². The number of morpholine rings is 1. The Morgan fingerprint density at radius 3 is 2.48 bits per heavy atom. The zero-order chi connectivity index (χ0) is 34.9. The lowest BCUT2D eigenvalue weighted by Crippen LogP contribution is -2.70. The number of anilines is 2. The Morgan fingerprint density at radius 2 is 1.74 bits per heavy atom. The van der Waals surface area contributed by atoms with Gasteiger partial charge in [-0.25, -0.2) is 19.7 Å². The monoisotopic (exact) mass is 714 g/mol. The number of nitrogens with zero attached hydrogens (tertiary/aromatic N) is 6. The largest absolute Gasteiger partial charge is 0.481 e. The average molecular weight is 716 g/mol. The zero-order valence-corrected chi connectivity index (χ0v) is 28.9. The van der Waals surface area contributed by atoms with Crippen LogP contribution in [-0.2, 0) is 30.0 Å². The molecule has 1 aliphatic carbocycles. The highest BCUT2D eigenvalue weighted by molar-refractivity contribution is 6.39. The lowest BCUT2D eigenvalue weighted by molar-refractivity contribution is -0.179. The molecule has 5 heterocycles. The van der Waals surface area contributed by atoms with Crippen molar-refractivity contribution in [3.05, 3.63) is 90.8 Å². The summed E-state index contributed by atoms with van der Waals surface area (Å²) in [6, 6.07) is 13.4. The number of benzene rings is 2. The highest BCUT2D eigenvalue weighted by atomic mass is 35.5. The van der Waals surface area contributed by atoms with Crippen molar-refractivity contribution >= 4 is 51.6 Å². The summed E-state index contributed by atoms with van der Waals surface area (Å²) in [6.07, 6.45) is 3.07. The number of pyridine rings is 1. The second-order valence-corrected chi connectivity index (χ2v) is 13.6. The van der Waals surface area contributed by atoms with Crippen molar-refractivity contribution in [2.45, 2.75) is 24.5 Å². The van der Waals surface area contributed by atoms with Crippen LogP contribution < -0.4 is 26.6 Å². The number of nitrogens with one attached hydrogen (secondary N) is 2. The van der Waals surface area contributed by atoms with Gasteiger partial charge < -0.3 is 20.1 Å². The first-order chi connectivity index (χ1) is 24.1. The Balaban J connectivity index is 1.11. The molecule has 2 aliphatic heterocycles. The molecule has 2 fully saturated rings. The zero-order valence-electron chi connectivity index (χ0n) is 27.4. The van der Waals surface area contributed by atoms with E-state index in [1.807, 2.05) is 30.3 Å². The van der Waals surface area contributed by atoms with Crippen molar-refractivity contribution in [2.75, 3.05) is 38.7 Å². The van der Waals surface area contributed by atoms with E-state index in [2.05, 4.69) is 31.6 Å². The number of likely N-dealkylation sites (tertiary alicyclic amines) is 1. The van der Waals surface area contributed by atoms with E-state index in [4.69, 9.17) is 37.7 Å². The topological polar surface area (TPSA) is 146 Å². The summed E-state index contributed by atoms with van der Waals surface area (Å²) in [6.45, 7) is 2.08. The molecule has 15 heteroatoms. The molecule has 0 saturated carbocycles. The van der Waals surface area contributed by atoms with Crippen LogP contribution in [0.1, 0.15) is 23.6 Å². The van der Waals surface area contributed by atoms with E-state index in [1.165, 1.54) is 17.9 Å². The van der Waals surface area contributed by atoms with Crippen molar-refractivity contribution < 1.29 is 14.3 Å². The van der Waals surface area contributed by atoms with Gasteiger partial charge >= 0.3 is 5.69 Å². The molecular weight excluding hydrogens is 683 g/mol. The molecule has 1 spiro atoms. The van der Waals surface area contributed by atoms with Crippen molar-refractivity contribution in [2.24, 2.45) is 14.1 Å². The van der Waals surface area contributed by atoms with E-state index in [9.17, 15) is 14.4 Å². The van der Waals surface area contributed by atoms with Crippen molar-refractivity contribution in [1.29, 1.82) is 0 Å². The summed E-state index contributed by atoms with van der Waals surface area (Å²) in [5, 5.41) is 7.08. The van der Waals surface area contributed by atoms with Crippen LogP contribution >= 0.6 is 23.2 Å². The number of carbonyl (C=O) groups is 1. The molecule has 2 saturated heterocycles. The molecule has 5 aromatic rings. The maximum Gasteiger partial charge on any atom is 0.332 e. The first-order valence-electron chi connectivity index (χ1n) is 16.1. The minimum absolute atomic E-state index is 0.0766. The minimum Gasteiger partial charge on any atom is -0.481 e. The number of aromatic nitrogens is 5. The van der Waals surface area contributed by atoms with E-state index >= 15 is 0 Å². The fourth-order valence-corrected chi connectivity index (χ4v) is 7.93. The standard InChI is InChI=1S/C35H32Cl2N8O5/c1-43-31-27(33(47)44(2)34(43)48)30(39-17-40-31)41-22-9-5-7-20(29(22)37)19-6-4-8-21(28(19)36)23-12-18-10-11-24(26(18)32(42-23)49-3)45-15-35(16-45)14-38-25(46)13-50-35/h4-9,12,17,24H,10-11,13-16H2,1-3H3,(H,38,46)(H,39,40,41). The van der Waals surface area contributed by atoms with Gasteiger partial charge in [0, 0.05) is 62.0 Å². The van der Waals surface area contributed by atoms with E-state index in [0.717, 1.165) is 47.2 Å². The van der Waals surface area contributed by atoms with Gasteiger partial charge in [-0.15, -0.1) is 0 Å². The van der Waals surface area contributed by atoms with Crippen molar-refractivity contribution in [1.82, 2.24) is 34.3 Å². The molecule has 50 heavy (non-hydrogen) atoms. The van der Waals surface area contributed by atoms with E-state index in [1.54, 1.807) is 20.2 Å². The third-order valence-electron chi connectivity index (χ3n) is 9.92. The maximum absolute atomic E-state index is 13.1. The van der Waals surface area contributed by atoms with Gasteiger partial charge in [0.15, 0.2) is 5.65 Å². The Bertz CT molecular complexity index is 2340. The highest BCUT2D eigenvalue weighted by Gasteiger charge is 2.50. The lowest BCUT2D eigenvalue weighted by Gasteiger charge is -2.53. The maximum atomic E-state index is 13.1. The first-order valence-corrected chi connectivity index (χ1v) is 16.8. The fourth-order valence-electron chi connectivity index (χ4n) is 7.33.